The zero-order valence-electron chi connectivity index (χ0n) is 8.96. The van der Waals surface area contributed by atoms with Crippen molar-refractivity contribution in [3.63, 3.8) is 0 Å². The Bertz CT molecular complexity index is 370. The molecule has 0 aromatic carbocycles. The predicted octanol–water partition coefficient (Wildman–Crippen LogP) is 2.65. The van der Waals surface area contributed by atoms with Crippen LogP contribution >= 0.6 is 15.9 Å². The SMILES string of the molecule is CC(C1CC1)N(C)C(=O)c1cc(Br)c[nH]1. The molecule has 1 N–H and O–H groups in total. The number of halogens is 1. The average Bonchev–Trinajstić information content (AvgIpc) is 2.98. The number of nitrogens with zero attached hydrogens (tertiary/aromatic N) is 1. The minimum Gasteiger partial charge on any atom is -0.356 e. The Morgan fingerprint density at radius 3 is 2.80 bits per heavy atom. The van der Waals surface area contributed by atoms with Crippen LogP contribution in [0.15, 0.2) is 16.7 Å². The van der Waals surface area contributed by atoms with Crippen molar-refractivity contribution in [2.45, 2.75) is 25.8 Å². The van der Waals surface area contributed by atoms with Crippen LogP contribution in [-0.4, -0.2) is 28.9 Å². The third kappa shape index (κ3) is 2.25. The van der Waals surface area contributed by atoms with Gasteiger partial charge in [0.15, 0.2) is 0 Å². The van der Waals surface area contributed by atoms with E-state index in [-0.39, 0.29) is 5.91 Å². The van der Waals surface area contributed by atoms with E-state index in [0.29, 0.717) is 17.7 Å². The summed E-state index contributed by atoms with van der Waals surface area (Å²) >= 11 is 3.33. The summed E-state index contributed by atoms with van der Waals surface area (Å²) in [6, 6.07) is 2.16. The number of amides is 1. The molecule has 1 heterocycles. The maximum Gasteiger partial charge on any atom is 0.270 e. The van der Waals surface area contributed by atoms with E-state index in [1.54, 1.807) is 6.20 Å². The third-order valence-corrected chi connectivity index (χ3v) is 3.57. The van der Waals surface area contributed by atoms with E-state index >= 15 is 0 Å². The van der Waals surface area contributed by atoms with Gasteiger partial charge in [-0.2, -0.15) is 0 Å². The normalized spacial score (nSPS) is 17.5. The molecule has 15 heavy (non-hydrogen) atoms. The van der Waals surface area contributed by atoms with Crippen LogP contribution in [0.3, 0.4) is 0 Å². The minimum absolute atomic E-state index is 0.0695. The fourth-order valence-corrected chi connectivity index (χ4v) is 2.10. The number of hydrogen-bond acceptors (Lipinski definition) is 1. The van der Waals surface area contributed by atoms with Gasteiger partial charge in [-0.25, -0.2) is 0 Å². The summed E-state index contributed by atoms with van der Waals surface area (Å²) in [4.78, 5) is 16.8. The van der Waals surface area contributed by atoms with E-state index in [0.717, 1.165) is 4.47 Å². The minimum atomic E-state index is 0.0695. The Labute approximate surface area is 98.0 Å². The van der Waals surface area contributed by atoms with Gasteiger partial charge < -0.3 is 9.88 Å². The van der Waals surface area contributed by atoms with E-state index in [2.05, 4.69) is 27.8 Å². The molecular weight excluding hydrogens is 256 g/mol. The molecular formula is C11H15BrN2O. The standard InChI is InChI=1S/C11H15BrN2O/c1-7(8-3-4-8)14(2)11(15)10-5-9(12)6-13-10/h5-8,13H,3-4H2,1-2H3. The van der Waals surface area contributed by atoms with E-state index in [1.807, 2.05) is 18.0 Å². The molecule has 0 saturated heterocycles. The summed E-state index contributed by atoms with van der Waals surface area (Å²) < 4.78 is 0.915. The highest BCUT2D eigenvalue weighted by atomic mass is 79.9. The zero-order valence-corrected chi connectivity index (χ0v) is 10.5. The molecule has 0 spiro atoms. The Balaban J connectivity index is 2.06. The molecule has 1 aliphatic carbocycles. The first-order chi connectivity index (χ1) is 7.09. The molecule has 0 radical (unpaired) electrons. The quantitative estimate of drug-likeness (QED) is 0.901. The Hall–Kier alpha value is -0.770. The van der Waals surface area contributed by atoms with Gasteiger partial charge in [0.1, 0.15) is 5.69 Å². The van der Waals surface area contributed by atoms with Gasteiger partial charge in [0.05, 0.1) is 0 Å². The molecule has 4 heteroatoms. The summed E-state index contributed by atoms with van der Waals surface area (Å²) in [5.74, 6) is 0.775. The fraction of sp³-hybridized carbons (Fsp3) is 0.545. The maximum atomic E-state index is 12.0. The van der Waals surface area contributed by atoms with E-state index < -0.39 is 0 Å². The van der Waals surface area contributed by atoms with Crippen LogP contribution in [0.2, 0.25) is 0 Å². The van der Waals surface area contributed by atoms with Crippen molar-refractivity contribution < 1.29 is 4.79 Å². The monoisotopic (exact) mass is 270 g/mol. The van der Waals surface area contributed by atoms with Crippen molar-refractivity contribution in [1.29, 1.82) is 0 Å². The van der Waals surface area contributed by atoms with Crippen LogP contribution < -0.4 is 0 Å². The second-order valence-electron chi connectivity index (χ2n) is 4.23. The van der Waals surface area contributed by atoms with Crippen molar-refractivity contribution in [3.05, 3.63) is 22.4 Å². The highest BCUT2D eigenvalue weighted by Crippen LogP contribution is 2.35. The van der Waals surface area contributed by atoms with Crippen molar-refractivity contribution in [2.24, 2.45) is 5.92 Å². The number of hydrogen-bond donors (Lipinski definition) is 1. The van der Waals surface area contributed by atoms with Gasteiger partial charge in [0, 0.05) is 23.8 Å². The van der Waals surface area contributed by atoms with Crippen LogP contribution in [0.5, 0.6) is 0 Å². The second-order valence-corrected chi connectivity index (χ2v) is 5.14. The molecule has 1 saturated carbocycles. The van der Waals surface area contributed by atoms with Gasteiger partial charge in [0.2, 0.25) is 0 Å². The lowest BCUT2D eigenvalue weighted by Crippen LogP contribution is -2.36. The van der Waals surface area contributed by atoms with Gasteiger partial charge in [-0.1, -0.05) is 0 Å². The second kappa shape index (κ2) is 4.00. The number of aromatic nitrogens is 1. The van der Waals surface area contributed by atoms with Crippen LogP contribution in [0.4, 0.5) is 0 Å². The number of carbonyl (C=O) groups is 1. The van der Waals surface area contributed by atoms with Gasteiger partial charge in [-0.05, 0) is 47.7 Å². The smallest absolute Gasteiger partial charge is 0.270 e. The summed E-state index contributed by atoms with van der Waals surface area (Å²) in [5.41, 5.74) is 0.650. The molecule has 1 aromatic heterocycles. The lowest BCUT2D eigenvalue weighted by Gasteiger charge is -2.24. The summed E-state index contributed by atoms with van der Waals surface area (Å²) in [6.45, 7) is 2.12. The number of nitrogens with one attached hydrogen (secondary N) is 1. The van der Waals surface area contributed by atoms with E-state index in [1.165, 1.54) is 12.8 Å². The van der Waals surface area contributed by atoms with Gasteiger partial charge in [-0.3, -0.25) is 4.79 Å². The van der Waals surface area contributed by atoms with Crippen LogP contribution in [-0.2, 0) is 0 Å². The lowest BCUT2D eigenvalue weighted by molar-refractivity contribution is 0.0722. The zero-order chi connectivity index (χ0) is 11.0. The molecule has 1 aromatic rings. The topological polar surface area (TPSA) is 36.1 Å². The molecule has 3 nitrogen and oxygen atoms in total. The number of rotatable bonds is 3. The summed E-state index contributed by atoms with van der Waals surface area (Å²) in [7, 11) is 1.88. The fourth-order valence-electron chi connectivity index (χ4n) is 1.76. The number of aromatic amines is 1. The van der Waals surface area contributed by atoms with E-state index in [4.69, 9.17) is 0 Å². The van der Waals surface area contributed by atoms with Gasteiger partial charge in [0.25, 0.3) is 5.91 Å². The van der Waals surface area contributed by atoms with Crippen molar-refractivity contribution in [2.75, 3.05) is 7.05 Å². The van der Waals surface area contributed by atoms with Gasteiger partial charge in [-0.15, -0.1) is 0 Å². The average molecular weight is 271 g/mol. The number of H-pyrrole nitrogens is 1. The molecule has 1 atom stereocenters. The molecule has 1 unspecified atom stereocenters. The van der Waals surface area contributed by atoms with Gasteiger partial charge >= 0.3 is 0 Å². The molecule has 1 aliphatic rings. The third-order valence-electron chi connectivity index (χ3n) is 3.11. The van der Waals surface area contributed by atoms with E-state index in [9.17, 15) is 4.79 Å². The summed E-state index contributed by atoms with van der Waals surface area (Å²) in [5, 5.41) is 0. The number of carbonyl (C=O) groups excluding carboxylic acids is 1. The first kappa shape index (κ1) is 10.7. The van der Waals surface area contributed by atoms with Crippen LogP contribution in [0.1, 0.15) is 30.3 Å². The molecule has 82 valence electrons. The predicted molar refractivity (Wildman–Crippen MR) is 62.8 cm³/mol. The first-order valence-corrected chi connectivity index (χ1v) is 6.00. The van der Waals surface area contributed by atoms with Crippen molar-refractivity contribution >= 4 is 21.8 Å². The maximum absolute atomic E-state index is 12.0. The Morgan fingerprint density at radius 2 is 2.33 bits per heavy atom. The van der Waals surface area contributed by atoms with Crippen molar-refractivity contribution in [1.82, 2.24) is 9.88 Å². The largest absolute Gasteiger partial charge is 0.356 e. The highest BCUT2D eigenvalue weighted by molar-refractivity contribution is 9.10. The molecule has 1 amide bonds. The molecule has 1 fully saturated rings. The Kier molecular flexibility index (Phi) is 2.87. The van der Waals surface area contributed by atoms with Crippen molar-refractivity contribution in [3.8, 4) is 0 Å². The Morgan fingerprint density at radius 1 is 1.67 bits per heavy atom. The molecule has 0 aliphatic heterocycles. The van der Waals surface area contributed by atoms with Crippen LogP contribution in [0, 0.1) is 5.92 Å². The van der Waals surface area contributed by atoms with Crippen LogP contribution in [0.25, 0.3) is 0 Å². The lowest BCUT2D eigenvalue weighted by atomic mass is 10.2. The molecule has 2 rings (SSSR count). The highest BCUT2D eigenvalue weighted by Gasteiger charge is 2.32. The molecule has 0 bridgehead atoms. The summed E-state index contributed by atoms with van der Waals surface area (Å²) in [6.07, 6.45) is 4.29. The first-order valence-electron chi connectivity index (χ1n) is 5.20.